The molecule has 2 rings (SSSR count). The number of primary amides is 1. The summed E-state index contributed by atoms with van der Waals surface area (Å²) >= 11 is 0. The Labute approximate surface area is 240 Å². The molecule has 1 aromatic rings. The minimum Gasteiger partial charge on any atom is -0.368 e. The largest absolute Gasteiger partial charge is 0.368 e. The summed E-state index contributed by atoms with van der Waals surface area (Å²) in [4.78, 5) is 36.0. The SMILES string of the molecule is C=C/C(CCCCNC(C(=O)N(C)CC(N)=O)C1CC1)=C(\C=C)CCNC(C)=O.CN.Cc1ccc(C=N)cc1. The molecular formula is C31H50N6O3. The fourth-order valence-corrected chi connectivity index (χ4v) is 3.96. The van der Waals surface area contributed by atoms with Crippen LogP contribution in [0.25, 0.3) is 0 Å². The maximum Gasteiger partial charge on any atom is 0.240 e. The van der Waals surface area contributed by atoms with Crippen LogP contribution in [0.2, 0.25) is 0 Å². The van der Waals surface area contributed by atoms with Crippen molar-refractivity contribution < 1.29 is 14.4 Å². The second kappa shape index (κ2) is 21.3. The van der Waals surface area contributed by atoms with Crippen molar-refractivity contribution in [3.05, 3.63) is 71.8 Å². The van der Waals surface area contributed by atoms with E-state index in [1.165, 1.54) is 30.6 Å². The molecule has 1 unspecified atom stereocenters. The lowest BCUT2D eigenvalue weighted by molar-refractivity contribution is -0.136. The molecule has 3 amide bonds. The zero-order valence-electron chi connectivity index (χ0n) is 24.8. The average Bonchev–Trinajstić information content (AvgIpc) is 3.78. The van der Waals surface area contributed by atoms with Crippen LogP contribution in [0.4, 0.5) is 0 Å². The third-order valence-electron chi connectivity index (χ3n) is 6.28. The maximum absolute atomic E-state index is 12.5. The molecule has 0 heterocycles. The third kappa shape index (κ3) is 15.8. The van der Waals surface area contributed by atoms with Gasteiger partial charge in [-0.2, -0.15) is 0 Å². The number of nitrogens with zero attached hydrogens (tertiary/aromatic N) is 1. The van der Waals surface area contributed by atoms with Gasteiger partial charge in [-0.15, -0.1) is 0 Å². The van der Waals surface area contributed by atoms with Crippen molar-refractivity contribution in [3.8, 4) is 0 Å². The second-order valence-electron chi connectivity index (χ2n) is 9.63. The van der Waals surface area contributed by atoms with Gasteiger partial charge in [0.15, 0.2) is 0 Å². The van der Waals surface area contributed by atoms with Crippen molar-refractivity contribution in [1.82, 2.24) is 15.5 Å². The molecule has 7 N–H and O–H groups in total. The summed E-state index contributed by atoms with van der Waals surface area (Å²) in [5.74, 6) is -0.260. The molecule has 40 heavy (non-hydrogen) atoms. The highest BCUT2D eigenvalue weighted by molar-refractivity contribution is 5.87. The average molecular weight is 555 g/mol. The molecule has 0 aliphatic heterocycles. The van der Waals surface area contributed by atoms with E-state index >= 15 is 0 Å². The Morgan fingerprint density at radius 1 is 1.05 bits per heavy atom. The quantitative estimate of drug-likeness (QED) is 0.121. The van der Waals surface area contributed by atoms with Gasteiger partial charge in [-0.3, -0.25) is 14.4 Å². The summed E-state index contributed by atoms with van der Waals surface area (Å²) in [6.07, 6.45) is 10.6. The minimum atomic E-state index is -0.504. The molecule has 222 valence electrons. The number of nitrogens with two attached hydrogens (primary N) is 2. The number of carbonyl (C=O) groups excluding carboxylic acids is 3. The first-order chi connectivity index (χ1) is 19.1. The van der Waals surface area contributed by atoms with Crippen LogP contribution in [0.5, 0.6) is 0 Å². The molecule has 9 heteroatoms. The zero-order chi connectivity index (χ0) is 30.5. The van der Waals surface area contributed by atoms with Crippen molar-refractivity contribution in [1.29, 1.82) is 5.41 Å². The van der Waals surface area contributed by atoms with Gasteiger partial charge in [0.1, 0.15) is 0 Å². The minimum absolute atomic E-state index is 0.0409. The van der Waals surface area contributed by atoms with Gasteiger partial charge < -0.3 is 32.4 Å². The molecule has 1 atom stereocenters. The fraction of sp³-hybridized carbons (Fsp3) is 0.484. The molecule has 1 aliphatic rings. The zero-order valence-corrected chi connectivity index (χ0v) is 24.8. The number of benzene rings is 1. The number of unbranched alkanes of at least 4 members (excludes halogenated alkanes) is 1. The van der Waals surface area contributed by atoms with Crippen molar-refractivity contribution in [2.45, 2.75) is 58.4 Å². The number of hydrogen-bond donors (Lipinski definition) is 5. The summed E-state index contributed by atoms with van der Waals surface area (Å²) in [6, 6.07) is 7.63. The molecule has 0 bridgehead atoms. The third-order valence-corrected chi connectivity index (χ3v) is 6.28. The standard InChI is InChI=1S/C22H36N4O3.C8H9N.CH5N/c1-5-17(18(6-2)12-14-24-16(3)27)9-7-8-13-25-21(19-10-11-19)22(29)26(4)15-20(23)28;1-7-2-4-8(6-9)5-3-7;1-2/h5-6,19,21,25H,1-2,7-15H2,3-4H3,(H2,23,28)(H,24,27);2-6,9H,1H3;2H2,1H3/b18-17-;;. The van der Waals surface area contributed by atoms with Crippen LogP contribution in [0.3, 0.4) is 0 Å². The first kappa shape index (κ1) is 36.4. The van der Waals surface area contributed by atoms with Gasteiger partial charge in [-0.25, -0.2) is 0 Å². The van der Waals surface area contributed by atoms with E-state index in [4.69, 9.17) is 11.1 Å². The van der Waals surface area contributed by atoms with E-state index < -0.39 is 5.91 Å². The molecule has 1 fully saturated rings. The van der Waals surface area contributed by atoms with Gasteiger partial charge in [0, 0.05) is 26.7 Å². The van der Waals surface area contributed by atoms with Crippen LogP contribution >= 0.6 is 0 Å². The maximum atomic E-state index is 12.5. The van der Waals surface area contributed by atoms with Crippen molar-refractivity contribution in [3.63, 3.8) is 0 Å². The van der Waals surface area contributed by atoms with E-state index in [2.05, 4.69) is 29.5 Å². The van der Waals surface area contributed by atoms with Crippen LogP contribution in [-0.4, -0.2) is 68.6 Å². The van der Waals surface area contributed by atoms with Crippen molar-refractivity contribution >= 4 is 23.9 Å². The van der Waals surface area contributed by atoms with Gasteiger partial charge in [0.2, 0.25) is 17.7 Å². The molecule has 0 radical (unpaired) electrons. The van der Waals surface area contributed by atoms with Crippen LogP contribution in [-0.2, 0) is 14.4 Å². The Hall–Kier alpha value is -3.56. The number of aryl methyl sites for hydroxylation is 1. The lowest BCUT2D eigenvalue weighted by Gasteiger charge is -2.23. The fourth-order valence-electron chi connectivity index (χ4n) is 3.96. The molecule has 0 spiro atoms. The molecule has 9 nitrogen and oxygen atoms in total. The lowest BCUT2D eigenvalue weighted by atomic mass is 9.99. The highest BCUT2D eigenvalue weighted by Gasteiger charge is 2.37. The van der Waals surface area contributed by atoms with Crippen LogP contribution < -0.4 is 22.1 Å². The Kier molecular flexibility index (Phi) is 19.4. The molecule has 1 aliphatic carbocycles. The Morgan fingerprint density at radius 3 is 2.10 bits per heavy atom. The van der Waals surface area contributed by atoms with Gasteiger partial charge >= 0.3 is 0 Å². The highest BCUT2D eigenvalue weighted by atomic mass is 16.2. The molecule has 0 saturated heterocycles. The summed E-state index contributed by atoms with van der Waals surface area (Å²) in [6.45, 7) is 12.6. The predicted molar refractivity (Wildman–Crippen MR) is 165 cm³/mol. The summed E-state index contributed by atoms with van der Waals surface area (Å²) < 4.78 is 0. The van der Waals surface area contributed by atoms with Crippen LogP contribution in [0.15, 0.2) is 60.7 Å². The van der Waals surface area contributed by atoms with E-state index in [0.717, 1.165) is 61.8 Å². The Morgan fingerprint density at radius 2 is 1.62 bits per heavy atom. The van der Waals surface area contributed by atoms with Gasteiger partial charge in [-0.1, -0.05) is 55.1 Å². The number of carbonyl (C=O) groups is 3. The van der Waals surface area contributed by atoms with E-state index in [1.807, 2.05) is 43.3 Å². The summed E-state index contributed by atoms with van der Waals surface area (Å²) in [7, 11) is 3.11. The summed E-state index contributed by atoms with van der Waals surface area (Å²) in [5.41, 5.74) is 14.1. The molecule has 1 aromatic carbocycles. The first-order valence-corrected chi connectivity index (χ1v) is 13.8. The Bertz CT molecular complexity index is 983. The van der Waals surface area contributed by atoms with E-state index in [1.54, 1.807) is 7.05 Å². The van der Waals surface area contributed by atoms with Gasteiger partial charge in [0.05, 0.1) is 12.6 Å². The van der Waals surface area contributed by atoms with E-state index in [-0.39, 0.29) is 24.4 Å². The van der Waals surface area contributed by atoms with E-state index in [0.29, 0.717) is 12.5 Å². The Balaban J connectivity index is 0.00000115. The van der Waals surface area contributed by atoms with Gasteiger partial charge in [0.25, 0.3) is 0 Å². The smallest absolute Gasteiger partial charge is 0.240 e. The number of likely N-dealkylation sites (N-methyl/N-ethyl adjacent to an activating group) is 1. The van der Waals surface area contributed by atoms with Crippen molar-refractivity contribution in [2.24, 2.45) is 17.4 Å². The highest BCUT2D eigenvalue weighted by Crippen LogP contribution is 2.33. The molecular weight excluding hydrogens is 504 g/mol. The number of rotatable bonds is 16. The predicted octanol–water partition coefficient (Wildman–Crippen LogP) is 3.23. The number of nitrogens with one attached hydrogen (secondary N) is 3. The second-order valence-corrected chi connectivity index (χ2v) is 9.63. The number of hydrogen-bond acceptors (Lipinski definition) is 6. The lowest BCUT2D eigenvalue weighted by Crippen LogP contribution is -2.48. The monoisotopic (exact) mass is 554 g/mol. The van der Waals surface area contributed by atoms with Crippen LogP contribution in [0.1, 0.15) is 56.6 Å². The topological polar surface area (TPSA) is 154 Å². The van der Waals surface area contributed by atoms with E-state index in [9.17, 15) is 14.4 Å². The normalized spacial score (nSPS) is 13.1. The van der Waals surface area contributed by atoms with Crippen molar-refractivity contribution in [2.75, 3.05) is 33.7 Å². The molecule has 1 saturated carbocycles. The van der Waals surface area contributed by atoms with Gasteiger partial charge in [-0.05, 0) is 81.7 Å². The molecule has 0 aromatic heterocycles. The first-order valence-electron chi connectivity index (χ1n) is 13.8. The number of allylic oxidation sites excluding steroid dienone is 3. The summed E-state index contributed by atoms with van der Waals surface area (Å²) in [5, 5.41) is 13.0. The number of amides is 3. The van der Waals surface area contributed by atoms with Crippen LogP contribution in [0, 0.1) is 18.3 Å².